The summed E-state index contributed by atoms with van der Waals surface area (Å²) in [5.74, 6) is -0.409. The van der Waals surface area contributed by atoms with Gasteiger partial charge in [0.05, 0.1) is 19.3 Å². The average molecular weight is 382 g/mol. The molecule has 22 heavy (non-hydrogen) atoms. The quantitative estimate of drug-likeness (QED) is 0.495. The highest BCUT2D eigenvalue weighted by Crippen LogP contribution is 2.22. The molecule has 0 unspecified atom stereocenters. The van der Waals surface area contributed by atoms with E-state index in [-0.39, 0.29) is 5.69 Å². The predicted octanol–water partition coefficient (Wildman–Crippen LogP) is 3.88. The minimum absolute atomic E-state index is 0.0142. The number of benzene rings is 1. The van der Waals surface area contributed by atoms with E-state index in [0.29, 0.717) is 16.8 Å². The van der Waals surface area contributed by atoms with Crippen LogP contribution in [0.1, 0.15) is 27.7 Å². The number of amides is 1. The van der Waals surface area contributed by atoms with Gasteiger partial charge in [-0.25, -0.2) is 5.43 Å². The van der Waals surface area contributed by atoms with Gasteiger partial charge in [-0.3, -0.25) is 14.9 Å². The van der Waals surface area contributed by atoms with Crippen molar-refractivity contribution in [3.05, 3.63) is 60.2 Å². The maximum Gasteiger partial charge on any atom is 0.272 e. The average Bonchev–Trinajstić information content (AvgIpc) is 2.90. The number of nitro groups is 1. The topological polar surface area (TPSA) is 84.6 Å². The molecule has 1 aromatic carbocycles. The second kappa shape index (κ2) is 6.80. The fourth-order valence-electron chi connectivity index (χ4n) is 1.76. The summed E-state index contributed by atoms with van der Waals surface area (Å²) in [6.07, 6.45) is 0. The second-order valence-electron chi connectivity index (χ2n) is 4.50. The molecule has 1 aromatic heterocycles. The van der Waals surface area contributed by atoms with Gasteiger partial charge in [-0.1, -0.05) is 0 Å². The van der Waals surface area contributed by atoms with Gasteiger partial charge in [0, 0.05) is 17.2 Å². The fourth-order valence-corrected chi connectivity index (χ4v) is 3.10. The third-order valence-corrected chi connectivity index (χ3v) is 4.64. The molecule has 0 spiro atoms. The lowest BCUT2D eigenvalue weighted by Crippen LogP contribution is -2.19. The molecule has 1 N–H and O–H groups in total. The van der Waals surface area contributed by atoms with Gasteiger partial charge in [0.1, 0.15) is 0 Å². The van der Waals surface area contributed by atoms with Crippen LogP contribution in [0.4, 0.5) is 5.69 Å². The van der Waals surface area contributed by atoms with Crippen molar-refractivity contribution < 1.29 is 9.72 Å². The van der Waals surface area contributed by atoms with E-state index >= 15 is 0 Å². The lowest BCUT2D eigenvalue weighted by atomic mass is 10.1. The van der Waals surface area contributed by atoms with E-state index in [2.05, 4.69) is 26.5 Å². The normalized spacial score (nSPS) is 11.3. The van der Waals surface area contributed by atoms with Crippen LogP contribution in [-0.4, -0.2) is 16.5 Å². The summed E-state index contributed by atoms with van der Waals surface area (Å²) in [6.45, 7) is 3.38. The van der Waals surface area contributed by atoms with Gasteiger partial charge in [0.25, 0.3) is 11.6 Å². The van der Waals surface area contributed by atoms with Gasteiger partial charge in [0.15, 0.2) is 0 Å². The van der Waals surface area contributed by atoms with Crippen molar-refractivity contribution in [3.63, 3.8) is 0 Å². The predicted molar refractivity (Wildman–Crippen MR) is 89.5 cm³/mol. The Balaban J connectivity index is 2.12. The number of nitro benzene ring substituents is 1. The highest BCUT2D eigenvalue weighted by Gasteiger charge is 2.13. The number of nitrogens with one attached hydrogen (secondary N) is 1. The zero-order valence-corrected chi connectivity index (χ0v) is 14.2. The van der Waals surface area contributed by atoms with Gasteiger partial charge >= 0.3 is 0 Å². The molecule has 2 aromatic rings. The highest BCUT2D eigenvalue weighted by molar-refractivity contribution is 9.11. The Morgan fingerprint density at radius 2 is 2.09 bits per heavy atom. The zero-order valence-electron chi connectivity index (χ0n) is 11.8. The number of thiophene rings is 1. The van der Waals surface area contributed by atoms with Crippen LogP contribution >= 0.6 is 27.3 Å². The number of hydrazone groups is 1. The molecule has 6 nitrogen and oxygen atoms in total. The molecule has 0 aliphatic rings. The van der Waals surface area contributed by atoms with Crippen LogP contribution in [0.2, 0.25) is 0 Å². The van der Waals surface area contributed by atoms with Crippen LogP contribution in [0, 0.1) is 17.0 Å². The summed E-state index contributed by atoms with van der Waals surface area (Å²) < 4.78 is 0.981. The summed E-state index contributed by atoms with van der Waals surface area (Å²) in [4.78, 5) is 23.2. The molecule has 1 amide bonds. The Morgan fingerprint density at radius 1 is 1.36 bits per heavy atom. The van der Waals surface area contributed by atoms with Crippen LogP contribution in [-0.2, 0) is 0 Å². The summed E-state index contributed by atoms with van der Waals surface area (Å²) >= 11 is 4.88. The molecule has 0 atom stereocenters. The van der Waals surface area contributed by atoms with Crippen molar-refractivity contribution in [2.45, 2.75) is 13.8 Å². The molecule has 0 aliphatic heterocycles. The lowest BCUT2D eigenvalue weighted by molar-refractivity contribution is -0.385. The third-order valence-electron chi connectivity index (χ3n) is 2.91. The molecular weight excluding hydrogens is 370 g/mol. The number of carbonyl (C=O) groups is 1. The lowest BCUT2D eigenvalue weighted by Gasteiger charge is -2.03. The Bertz CT molecular complexity index is 770. The van der Waals surface area contributed by atoms with Crippen LogP contribution in [0.25, 0.3) is 0 Å². The van der Waals surface area contributed by atoms with Crippen molar-refractivity contribution in [1.82, 2.24) is 5.43 Å². The van der Waals surface area contributed by atoms with Gasteiger partial charge < -0.3 is 0 Å². The zero-order chi connectivity index (χ0) is 16.3. The largest absolute Gasteiger partial charge is 0.272 e. The van der Waals surface area contributed by atoms with Crippen LogP contribution in [0.3, 0.4) is 0 Å². The Kier molecular flexibility index (Phi) is 5.04. The Labute approximate surface area is 139 Å². The number of rotatable bonds is 4. The molecule has 0 radical (unpaired) electrons. The van der Waals surface area contributed by atoms with E-state index in [1.165, 1.54) is 29.5 Å². The minimum atomic E-state index is -0.478. The first-order chi connectivity index (χ1) is 10.4. The third kappa shape index (κ3) is 3.77. The molecule has 0 bridgehead atoms. The maximum absolute atomic E-state index is 12.0. The Morgan fingerprint density at radius 3 is 2.64 bits per heavy atom. The van der Waals surface area contributed by atoms with Crippen molar-refractivity contribution in [1.29, 1.82) is 0 Å². The molecule has 0 fully saturated rings. The molecule has 114 valence electrons. The van der Waals surface area contributed by atoms with Gasteiger partial charge in [0.2, 0.25) is 0 Å². The van der Waals surface area contributed by atoms with Crippen LogP contribution in [0.5, 0.6) is 0 Å². The first-order valence-corrected chi connectivity index (χ1v) is 7.85. The molecule has 2 rings (SSSR count). The number of aryl methyl sites for hydroxylation is 1. The minimum Gasteiger partial charge on any atom is -0.267 e. The van der Waals surface area contributed by atoms with E-state index < -0.39 is 10.8 Å². The number of nitrogens with zero attached hydrogens (tertiary/aromatic N) is 2. The first kappa shape index (κ1) is 16.3. The van der Waals surface area contributed by atoms with Crippen molar-refractivity contribution in [2.75, 3.05) is 0 Å². The van der Waals surface area contributed by atoms with Crippen LogP contribution < -0.4 is 5.43 Å². The van der Waals surface area contributed by atoms with Gasteiger partial charge in [-0.05, 0) is 54.0 Å². The monoisotopic (exact) mass is 381 g/mol. The molecular formula is C14H12BrN3O3S. The molecule has 0 saturated heterocycles. The maximum atomic E-state index is 12.0. The van der Waals surface area contributed by atoms with E-state index in [0.717, 1.165) is 8.66 Å². The highest BCUT2D eigenvalue weighted by atomic mass is 79.9. The van der Waals surface area contributed by atoms with Crippen molar-refractivity contribution in [2.24, 2.45) is 5.10 Å². The standard InChI is InChI=1S/C14H12BrN3O3S/c1-8-7-10(3-4-11(8)18(20)21)14(19)17-16-9(2)12-5-6-13(15)22-12/h3-7H,1-2H3,(H,17,19). The summed E-state index contributed by atoms with van der Waals surface area (Å²) in [5.41, 5.74) is 3.88. The summed E-state index contributed by atoms with van der Waals surface area (Å²) in [6, 6.07) is 8.00. The van der Waals surface area contributed by atoms with E-state index in [9.17, 15) is 14.9 Å². The smallest absolute Gasteiger partial charge is 0.267 e. The molecule has 0 saturated carbocycles. The summed E-state index contributed by atoms with van der Waals surface area (Å²) in [7, 11) is 0. The van der Waals surface area contributed by atoms with E-state index in [1.54, 1.807) is 13.8 Å². The second-order valence-corrected chi connectivity index (χ2v) is 6.96. The summed E-state index contributed by atoms with van der Waals surface area (Å²) in [5, 5.41) is 14.8. The Hall–Kier alpha value is -2.06. The molecule has 0 aliphatic carbocycles. The molecule has 1 heterocycles. The van der Waals surface area contributed by atoms with Crippen molar-refractivity contribution >= 4 is 44.6 Å². The number of halogens is 1. The number of carbonyl (C=O) groups excluding carboxylic acids is 1. The fraction of sp³-hybridized carbons (Fsp3) is 0.143. The van der Waals surface area contributed by atoms with Gasteiger partial charge in [-0.15, -0.1) is 11.3 Å². The molecule has 8 heteroatoms. The number of hydrogen-bond donors (Lipinski definition) is 1. The SMILES string of the molecule is CC(=NNC(=O)c1ccc([N+](=O)[O-])c(C)c1)c1ccc(Br)s1. The van der Waals surface area contributed by atoms with E-state index in [4.69, 9.17) is 0 Å². The number of hydrogen-bond acceptors (Lipinski definition) is 5. The first-order valence-electron chi connectivity index (χ1n) is 6.24. The van der Waals surface area contributed by atoms with Crippen molar-refractivity contribution in [3.8, 4) is 0 Å². The van der Waals surface area contributed by atoms with E-state index in [1.807, 2.05) is 12.1 Å². The van der Waals surface area contributed by atoms with Crippen LogP contribution in [0.15, 0.2) is 39.2 Å². The van der Waals surface area contributed by atoms with Gasteiger partial charge in [-0.2, -0.15) is 5.10 Å².